The van der Waals surface area contributed by atoms with Gasteiger partial charge in [0.2, 0.25) is 11.8 Å². The van der Waals surface area contributed by atoms with Gasteiger partial charge < -0.3 is 10.6 Å². The number of nitrogens with zero attached hydrogens (tertiary/aromatic N) is 2. The molecule has 2 unspecified atom stereocenters. The normalized spacial score (nSPS) is 23.3. The first kappa shape index (κ1) is 21.2. The predicted octanol–water partition coefficient (Wildman–Crippen LogP) is 2.56. The molecule has 1 saturated heterocycles. The molecule has 1 aromatic carbocycles. The Bertz CT molecular complexity index is 944. The number of halogens is 3. The van der Waals surface area contributed by atoms with Gasteiger partial charge in [0, 0.05) is 12.4 Å². The molecule has 2 aliphatic rings. The molecule has 1 aliphatic carbocycles. The Hall–Kier alpha value is -3.01. The van der Waals surface area contributed by atoms with Crippen molar-refractivity contribution in [1.29, 1.82) is 0 Å². The summed E-state index contributed by atoms with van der Waals surface area (Å²) < 4.78 is 38.8. The van der Waals surface area contributed by atoms with E-state index >= 15 is 0 Å². The molecule has 10 heteroatoms. The molecule has 2 heterocycles. The number of amides is 2. The molecule has 1 saturated carbocycles. The van der Waals surface area contributed by atoms with Crippen molar-refractivity contribution < 1.29 is 22.8 Å². The molecule has 1 aromatic heterocycles. The number of benzene rings is 1. The molecule has 2 atom stereocenters. The van der Waals surface area contributed by atoms with Crippen molar-refractivity contribution in [3.8, 4) is 0 Å². The van der Waals surface area contributed by atoms with Crippen LogP contribution >= 0.6 is 0 Å². The number of carbonyl (C=O) groups is 2. The molecule has 164 valence electrons. The number of aromatic nitrogens is 2. The topological polar surface area (TPSA) is 96.0 Å². The summed E-state index contributed by atoms with van der Waals surface area (Å²) in [6.07, 6.45) is 0.833. The van der Waals surface area contributed by atoms with Crippen molar-refractivity contribution in [2.45, 2.75) is 56.0 Å². The van der Waals surface area contributed by atoms with E-state index in [0.717, 1.165) is 25.0 Å². The maximum absolute atomic E-state index is 13.1. The van der Waals surface area contributed by atoms with E-state index in [0.29, 0.717) is 24.2 Å². The van der Waals surface area contributed by atoms with Crippen LogP contribution in [0, 0.1) is 0 Å². The number of rotatable bonds is 4. The van der Waals surface area contributed by atoms with Gasteiger partial charge in [0.15, 0.2) is 5.82 Å². The lowest BCUT2D eigenvalue weighted by Gasteiger charge is -2.35. The Morgan fingerprint density at radius 2 is 1.74 bits per heavy atom. The molecule has 2 aromatic rings. The van der Waals surface area contributed by atoms with E-state index in [-0.39, 0.29) is 18.2 Å². The van der Waals surface area contributed by atoms with Crippen LogP contribution in [-0.2, 0) is 21.3 Å². The first-order valence-corrected chi connectivity index (χ1v) is 10.1. The highest BCUT2D eigenvalue weighted by molar-refractivity contribution is 5.90. The zero-order valence-corrected chi connectivity index (χ0v) is 16.6. The average Bonchev–Trinajstić information content (AvgIpc) is 3.23. The minimum atomic E-state index is -4.42. The van der Waals surface area contributed by atoms with Crippen molar-refractivity contribution in [2.75, 3.05) is 0 Å². The fraction of sp³-hybridized carbons (Fsp3) is 0.429. The van der Waals surface area contributed by atoms with E-state index in [1.54, 1.807) is 6.07 Å². The summed E-state index contributed by atoms with van der Waals surface area (Å²) in [7, 11) is 0. The van der Waals surface area contributed by atoms with Crippen LogP contribution < -0.4 is 16.0 Å². The first-order chi connectivity index (χ1) is 14.8. The van der Waals surface area contributed by atoms with E-state index < -0.39 is 29.5 Å². The Kier molecular flexibility index (Phi) is 5.65. The van der Waals surface area contributed by atoms with Gasteiger partial charge in [-0.1, -0.05) is 25.0 Å². The third-order valence-electron chi connectivity index (χ3n) is 5.81. The average molecular weight is 433 g/mol. The van der Waals surface area contributed by atoms with Gasteiger partial charge in [0.25, 0.3) is 0 Å². The fourth-order valence-electron chi connectivity index (χ4n) is 4.24. The summed E-state index contributed by atoms with van der Waals surface area (Å²) in [6.45, 7) is 0. The first-order valence-electron chi connectivity index (χ1n) is 10.1. The Morgan fingerprint density at radius 1 is 1.10 bits per heavy atom. The number of carbonyl (C=O) groups excluding carboxylic acids is 2. The predicted molar refractivity (Wildman–Crippen MR) is 104 cm³/mol. The van der Waals surface area contributed by atoms with Gasteiger partial charge in [0.05, 0.1) is 23.6 Å². The van der Waals surface area contributed by atoms with Crippen molar-refractivity contribution in [3.63, 3.8) is 0 Å². The summed E-state index contributed by atoms with van der Waals surface area (Å²) in [6, 6.07) is 5.76. The smallest absolute Gasteiger partial charge is 0.345 e. The molecular weight excluding hydrogens is 411 g/mol. The molecule has 7 nitrogen and oxygen atoms in total. The molecule has 31 heavy (non-hydrogen) atoms. The van der Waals surface area contributed by atoms with Crippen molar-refractivity contribution in [1.82, 2.24) is 25.9 Å². The summed E-state index contributed by atoms with van der Waals surface area (Å²) in [4.78, 5) is 33.5. The van der Waals surface area contributed by atoms with Gasteiger partial charge in [-0.05, 0) is 36.6 Å². The Labute approximate surface area is 176 Å². The van der Waals surface area contributed by atoms with Crippen LogP contribution in [-0.4, -0.2) is 27.8 Å². The molecule has 1 aliphatic heterocycles. The van der Waals surface area contributed by atoms with Crippen LogP contribution in [0.15, 0.2) is 42.7 Å². The molecule has 2 amide bonds. The Balaban J connectivity index is 1.53. The molecule has 0 spiro atoms. The lowest BCUT2D eigenvalue weighted by Crippen LogP contribution is -2.59. The second kappa shape index (κ2) is 8.26. The van der Waals surface area contributed by atoms with E-state index in [1.165, 1.54) is 24.5 Å². The van der Waals surface area contributed by atoms with Gasteiger partial charge >= 0.3 is 6.18 Å². The second-order valence-electron chi connectivity index (χ2n) is 7.88. The highest BCUT2D eigenvalue weighted by Crippen LogP contribution is 2.40. The molecule has 4 rings (SSSR count). The zero-order chi connectivity index (χ0) is 22.1. The van der Waals surface area contributed by atoms with Crippen molar-refractivity contribution >= 4 is 11.8 Å². The highest BCUT2D eigenvalue weighted by atomic mass is 19.4. The Morgan fingerprint density at radius 3 is 2.35 bits per heavy atom. The standard InChI is InChI=1S/C21H22F3N5O2/c22-21(23,24)14-6-4-13(5-7-14)20(8-1-2-9-20)29-19(31)15-12-16(30)28-18(27-15)17-25-10-3-11-26-17/h3-7,10-11,15,18,27H,1-2,8-9,12H2,(H,28,30)(H,29,31). The summed E-state index contributed by atoms with van der Waals surface area (Å²) in [5.74, 6) is -0.351. The lowest BCUT2D eigenvalue weighted by atomic mass is 9.87. The molecule has 2 fully saturated rings. The van der Waals surface area contributed by atoms with Crippen LogP contribution in [0.4, 0.5) is 13.2 Å². The number of hydrogen-bond donors (Lipinski definition) is 3. The van der Waals surface area contributed by atoms with Gasteiger partial charge in [0.1, 0.15) is 6.17 Å². The molecule has 0 bridgehead atoms. The van der Waals surface area contributed by atoms with Crippen LogP contribution in [0.2, 0.25) is 0 Å². The van der Waals surface area contributed by atoms with Crippen molar-refractivity contribution in [3.05, 3.63) is 59.7 Å². The maximum atomic E-state index is 13.1. The maximum Gasteiger partial charge on any atom is 0.416 e. The summed E-state index contributed by atoms with van der Waals surface area (Å²) in [5.41, 5.74) is -0.850. The summed E-state index contributed by atoms with van der Waals surface area (Å²) >= 11 is 0. The monoisotopic (exact) mass is 433 g/mol. The van der Waals surface area contributed by atoms with Crippen molar-refractivity contribution in [2.24, 2.45) is 0 Å². The fourth-order valence-corrected chi connectivity index (χ4v) is 4.24. The largest absolute Gasteiger partial charge is 0.416 e. The number of nitrogens with one attached hydrogen (secondary N) is 3. The quantitative estimate of drug-likeness (QED) is 0.689. The third kappa shape index (κ3) is 4.53. The van der Waals surface area contributed by atoms with E-state index in [1.807, 2.05) is 0 Å². The van der Waals surface area contributed by atoms with Crippen LogP contribution in [0.3, 0.4) is 0 Å². The van der Waals surface area contributed by atoms with Gasteiger partial charge in [-0.15, -0.1) is 0 Å². The van der Waals surface area contributed by atoms with E-state index in [4.69, 9.17) is 0 Å². The molecule has 3 N–H and O–H groups in total. The second-order valence-corrected chi connectivity index (χ2v) is 7.88. The third-order valence-corrected chi connectivity index (χ3v) is 5.81. The van der Waals surface area contributed by atoms with E-state index in [2.05, 4.69) is 25.9 Å². The van der Waals surface area contributed by atoms with Gasteiger partial charge in [-0.2, -0.15) is 13.2 Å². The van der Waals surface area contributed by atoms with Gasteiger partial charge in [-0.25, -0.2) is 9.97 Å². The number of hydrogen-bond acceptors (Lipinski definition) is 5. The lowest BCUT2D eigenvalue weighted by molar-refractivity contribution is -0.137. The molecular formula is C21H22F3N5O2. The molecule has 0 radical (unpaired) electrons. The summed E-state index contributed by atoms with van der Waals surface area (Å²) in [5, 5.41) is 8.79. The number of alkyl halides is 3. The van der Waals surface area contributed by atoms with Crippen LogP contribution in [0.1, 0.15) is 55.2 Å². The van der Waals surface area contributed by atoms with Crippen LogP contribution in [0.5, 0.6) is 0 Å². The van der Waals surface area contributed by atoms with E-state index in [9.17, 15) is 22.8 Å². The van der Waals surface area contributed by atoms with Gasteiger partial charge in [-0.3, -0.25) is 14.9 Å². The minimum absolute atomic E-state index is 0.0573. The minimum Gasteiger partial charge on any atom is -0.345 e. The SMILES string of the molecule is O=C1CC(C(=O)NC2(c3ccc(C(F)(F)F)cc3)CCCC2)NC(c2ncccn2)N1. The zero-order valence-electron chi connectivity index (χ0n) is 16.6. The highest BCUT2D eigenvalue weighted by Gasteiger charge is 2.41. The van der Waals surface area contributed by atoms with Crippen LogP contribution in [0.25, 0.3) is 0 Å².